The summed E-state index contributed by atoms with van der Waals surface area (Å²) in [5.74, 6) is 1.11. The first-order chi connectivity index (χ1) is 9.10. The Bertz CT molecular complexity index is 594. The minimum absolute atomic E-state index is 0.313. The zero-order valence-electron chi connectivity index (χ0n) is 10.1. The van der Waals surface area contributed by atoms with Crippen molar-refractivity contribution in [2.24, 2.45) is 0 Å². The van der Waals surface area contributed by atoms with Gasteiger partial charge < -0.3 is 14.6 Å². The topological polar surface area (TPSA) is 81.8 Å². The van der Waals surface area contributed by atoms with E-state index in [1.807, 2.05) is 0 Å². The van der Waals surface area contributed by atoms with Gasteiger partial charge in [-0.15, -0.1) is 0 Å². The molecule has 0 saturated heterocycles. The molecule has 0 saturated carbocycles. The second-order valence-corrected chi connectivity index (χ2v) is 3.69. The Balaban J connectivity index is 2.18. The summed E-state index contributed by atoms with van der Waals surface area (Å²) in [6, 6.07) is 10.6. The Morgan fingerprint density at radius 1 is 1.05 bits per heavy atom. The van der Waals surface area contributed by atoms with Crippen molar-refractivity contribution in [2.75, 3.05) is 7.11 Å². The van der Waals surface area contributed by atoms with E-state index in [9.17, 15) is 15.2 Å². The lowest BCUT2D eigenvalue weighted by atomic mass is 10.2. The first kappa shape index (κ1) is 12.7. The SMILES string of the molecule is COc1ccc(Oc2ccc([N+](=O)[O-])c(O)c2)cc1. The molecular formula is C13H11NO5. The van der Waals surface area contributed by atoms with Crippen LogP contribution in [0.25, 0.3) is 0 Å². The van der Waals surface area contributed by atoms with Crippen molar-refractivity contribution in [1.82, 2.24) is 0 Å². The number of rotatable bonds is 4. The van der Waals surface area contributed by atoms with E-state index in [-0.39, 0.29) is 5.69 Å². The minimum Gasteiger partial charge on any atom is -0.502 e. The molecule has 0 radical (unpaired) electrons. The van der Waals surface area contributed by atoms with Crippen LogP contribution >= 0.6 is 0 Å². The van der Waals surface area contributed by atoms with Crippen LogP contribution in [0.15, 0.2) is 42.5 Å². The van der Waals surface area contributed by atoms with Crippen LogP contribution in [0.3, 0.4) is 0 Å². The molecule has 0 fully saturated rings. The molecule has 0 unspecified atom stereocenters. The van der Waals surface area contributed by atoms with Gasteiger partial charge in [-0.05, 0) is 30.3 Å². The second-order valence-electron chi connectivity index (χ2n) is 3.69. The van der Waals surface area contributed by atoms with Crippen LogP contribution in [0.5, 0.6) is 23.0 Å². The number of nitro benzene ring substituents is 1. The summed E-state index contributed by atoms with van der Waals surface area (Å²) in [6.07, 6.45) is 0. The molecule has 0 spiro atoms. The van der Waals surface area contributed by atoms with Gasteiger partial charge in [0.1, 0.15) is 17.2 Å². The van der Waals surface area contributed by atoms with Gasteiger partial charge in [0.2, 0.25) is 0 Å². The van der Waals surface area contributed by atoms with Gasteiger partial charge in [-0.2, -0.15) is 0 Å². The lowest BCUT2D eigenvalue weighted by molar-refractivity contribution is -0.385. The average Bonchev–Trinajstić information content (AvgIpc) is 2.39. The highest BCUT2D eigenvalue weighted by atomic mass is 16.6. The summed E-state index contributed by atoms with van der Waals surface area (Å²) in [5.41, 5.74) is -0.359. The maximum Gasteiger partial charge on any atom is 0.310 e. The van der Waals surface area contributed by atoms with E-state index in [1.165, 1.54) is 18.2 Å². The summed E-state index contributed by atoms with van der Waals surface area (Å²) in [5, 5.41) is 20.0. The fourth-order valence-electron chi connectivity index (χ4n) is 1.50. The maximum atomic E-state index is 10.6. The van der Waals surface area contributed by atoms with Crippen molar-refractivity contribution in [2.45, 2.75) is 0 Å². The van der Waals surface area contributed by atoms with E-state index in [1.54, 1.807) is 31.4 Å². The zero-order valence-corrected chi connectivity index (χ0v) is 10.1. The third-order valence-corrected chi connectivity index (χ3v) is 2.44. The molecule has 98 valence electrons. The number of methoxy groups -OCH3 is 1. The quantitative estimate of drug-likeness (QED) is 0.675. The molecular weight excluding hydrogens is 250 g/mol. The number of phenols is 1. The lowest BCUT2D eigenvalue weighted by Crippen LogP contribution is -1.90. The normalized spacial score (nSPS) is 9.95. The van der Waals surface area contributed by atoms with Crippen LogP contribution in [0.4, 0.5) is 5.69 Å². The molecule has 6 heteroatoms. The number of ether oxygens (including phenoxy) is 2. The molecule has 2 rings (SSSR count). The highest BCUT2D eigenvalue weighted by Gasteiger charge is 2.13. The number of nitrogens with zero attached hydrogens (tertiary/aromatic N) is 1. The molecule has 0 amide bonds. The molecule has 0 bridgehead atoms. The van der Waals surface area contributed by atoms with Gasteiger partial charge in [0, 0.05) is 12.1 Å². The van der Waals surface area contributed by atoms with Gasteiger partial charge in [0.25, 0.3) is 0 Å². The number of benzene rings is 2. The lowest BCUT2D eigenvalue weighted by Gasteiger charge is -2.07. The van der Waals surface area contributed by atoms with Gasteiger partial charge in [0.05, 0.1) is 12.0 Å². The third-order valence-electron chi connectivity index (χ3n) is 2.44. The van der Waals surface area contributed by atoms with E-state index in [0.29, 0.717) is 17.2 Å². The van der Waals surface area contributed by atoms with E-state index in [0.717, 1.165) is 0 Å². The van der Waals surface area contributed by atoms with Crippen LogP contribution < -0.4 is 9.47 Å². The molecule has 0 aliphatic rings. The van der Waals surface area contributed by atoms with Gasteiger partial charge in [-0.1, -0.05) is 0 Å². The molecule has 6 nitrogen and oxygen atoms in total. The molecule has 0 aliphatic carbocycles. The average molecular weight is 261 g/mol. The molecule has 0 atom stereocenters. The van der Waals surface area contributed by atoms with Crippen LogP contribution in [0.1, 0.15) is 0 Å². The fraction of sp³-hybridized carbons (Fsp3) is 0.0769. The minimum atomic E-state index is -0.660. The molecule has 2 aromatic rings. The van der Waals surface area contributed by atoms with Gasteiger partial charge in [-0.3, -0.25) is 10.1 Å². The van der Waals surface area contributed by atoms with Crippen molar-refractivity contribution < 1.29 is 19.5 Å². The van der Waals surface area contributed by atoms with E-state index < -0.39 is 10.7 Å². The van der Waals surface area contributed by atoms with Crippen LogP contribution in [-0.2, 0) is 0 Å². The van der Waals surface area contributed by atoms with Crippen molar-refractivity contribution in [1.29, 1.82) is 0 Å². The number of hydrogen-bond acceptors (Lipinski definition) is 5. The summed E-state index contributed by atoms with van der Waals surface area (Å²) >= 11 is 0. The largest absolute Gasteiger partial charge is 0.502 e. The second kappa shape index (κ2) is 5.26. The van der Waals surface area contributed by atoms with E-state index >= 15 is 0 Å². The number of hydrogen-bond donors (Lipinski definition) is 1. The molecule has 1 N–H and O–H groups in total. The van der Waals surface area contributed by atoms with Crippen LogP contribution in [-0.4, -0.2) is 17.1 Å². The monoisotopic (exact) mass is 261 g/mol. The molecule has 0 heterocycles. The number of nitro groups is 1. The predicted molar refractivity (Wildman–Crippen MR) is 67.8 cm³/mol. The predicted octanol–water partition coefficient (Wildman–Crippen LogP) is 3.10. The van der Waals surface area contributed by atoms with Gasteiger partial charge >= 0.3 is 5.69 Å². The fourth-order valence-corrected chi connectivity index (χ4v) is 1.50. The first-order valence-corrected chi connectivity index (χ1v) is 5.39. The standard InChI is InChI=1S/C13H11NO5/c1-18-9-2-4-10(5-3-9)19-11-6-7-12(14(16)17)13(15)8-11/h2-8,15H,1H3. The number of aromatic hydroxyl groups is 1. The Morgan fingerprint density at radius 3 is 2.16 bits per heavy atom. The molecule has 2 aromatic carbocycles. The smallest absolute Gasteiger partial charge is 0.310 e. The summed E-state index contributed by atoms with van der Waals surface area (Å²) < 4.78 is 10.5. The van der Waals surface area contributed by atoms with Crippen molar-refractivity contribution in [3.05, 3.63) is 52.6 Å². The van der Waals surface area contributed by atoms with E-state index in [4.69, 9.17) is 9.47 Å². The highest BCUT2D eigenvalue weighted by Crippen LogP contribution is 2.32. The van der Waals surface area contributed by atoms with Gasteiger partial charge in [0.15, 0.2) is 5.75 Å². The summed E-state index contributed by atoms with van der Waals surface area (Å²) in [6.45, 7) is 0. The Morgan fingerprint density at radius 2 is 1.63 bits per heavy atom. The van der Waals surface area contributed by atoms with E-state index in [2.05, 4.69) is 0 Å². The summed E-state index contributed by atoms with van der Waals surface area (Å²) in [7, 11) is 1.56. The third kappa shape index (κ3) is 2.92. The number of phenolic OH excluding ortho intramolecular Hbond substituents is 1. The summed E-state index contributed by atoms with van der Waals surface area (Å²) in [4.78, 5) is 9.89. The maximum absolute atomic E-state index is 10.6. The molecule has 0 aliphatic heterocycles. The van der Waals surface area contributed by atoms with Crippen LogP contribution in [0.2, 0.25) is 0 Å². The zero-order chi connectivity index (χ0) is 13.8. The van der Waals surface area contributed by atoms with Crippen molar-refractivity contribution in [3.8, 4) is 23.0 Å². The molecule has 19 heavy (non-hydrogen) atoms. The van der Waals surface area contributed by atoms with Crippen molar-refractivity contribution >= 4 is 5.69 Å². The highest BCUT2D eigenvalue weighted by molar-refractivity contribution is 5.50. The first-order valence-electron chi connectivity index (χ1n) is 5.39. The van der Waals surface area contributed by atoms with Crippen LogP contribution in [0, 0.1) is 10.1 Å². The van der Waals surface area contributed by atoms with Gasteiger partial charge in [-0.25, -0.2) is 0 Å². The Hall–Kier alpha value is -2.76. The Labute approximate surface area is 109 Å². The Kier molecular flexibility index (Phi) is 3.51. The van der Waals surface area contributed by atoms with Crippen molar-refractivity contribution in [3.63, 3.8) is 0 Å². The molecule has 0 aromatic heterocycles.